The Kier molecular flexibility index (Phi) is 1.98. The van der Waals surface area contributed by atoms with Gasteiger partial charge >= 0.3 is 0 Å². The number of rotatable bonds is 1. The fourth-order valence-electron chi connectivity index (χ4n) is 1.05. The largest absolute Gasteiger partial charge is 0.399 e. The zero-order valence-electron chi connectivity index (χ0n) is 6.79. The maximum Gasteiger partial charge on any atom is 0.252 e. The molecule has 0 saturated heterocycles. The molecule has 60 valence electrons. The van der Waals surface area contributed by atoms with Crippen LogP contribution < -0.4 is 11.3 Å². The normalized spacial score (nSPS) is 10.0. The van der Waals surface area contributed by atoms with Crippen LogP contribution in [0.4, 0.5) is 5.69 Å². The molecule has 0 bridgehead atoms. The monoisotopic (exact) mass is 152 g/mol. The Morgan fingerprint density at radius 3 is 2.73 bits per heavy atom. The summed E-state index contributed by atoms with van der Waals surface area (Å²) in [5, 5.41) is 0. The summed E-state index contributed by atoms with van der Waals surface area (Å²) in [6.07, 6.45) is 0.830. The van der Waals surface area contributed by atoms with Crippen molar-refractivity contribution in [1.82, 2.24) is 4.57 Å². The zero-order chi connectivity index (χ0) is 8.43. The molecule has 0 atom stereocenters. The van der Waals surface area contributed by atoms with E-state index in [4.69, 9.17) is 5.73 Å². The first-order chi connectivity index (χ1) is 5.15. The van der Waals surface area contributed by atoms with Crippen LogP contribution in [0.3, 0.4) is 0 Å². The second-order valence-corrected chi connectivity index (χ2v) is 2.53. The van der Waals surface area contributed by atoms with Gasteiger partial charge < -0.3 is 10.3 Å². The number of aromatic nitrogens is 1. The second-order valence-electron chi connectivity index (χ2n) is 2.53. The van der Waals surface area contributed by atoms with Gasteiger partial charge in [-0.1, -0.05) is 6.92 Å². The van der Waals surface area contributed by atoms with Crippen LogP contribution in [-0.4, -0.2) is 4.57 Å². The van der Waals surface area contributed by atoms with Crippen molar-refractivity contribution in [3.63, 3.8) is 0 Å². The highest BCUT2D eigenvalue weighted by atomic mass is 16.1. The van der Waals surface area contributed by atoms with E-state index >= 15 is 0 Å². The third-order valence-corrected chi connectivity index (χ3v) is 1.75. The van der Waals surface area contributed by atoms with Crippen LogP contribution in [0.1, 0.15) is 12.6 Å². The average molecular weight is 152 g/mol. The van der Waals surface area contributed by atoms with Crippen LogP contribution in [0.5, 0.6) is 0 Å². The molecule has 0 aliphatic carbocycles. The van der Waals surface area contributed by atoms with Gasteiger partial charge in [0, 0.05) is 24.5 Å². The molecule has 1 aromatic heterocycles. The number of anilines is 1. The summed E-state index contributed by atoms with van der Waals surface area (Å²) in [5.74, 6) is 0. The lowest BCUT2D eigenvalue weighted by Gasteiger charge is -2.05. The zero-order valence-corrected chi connectivity index (χ0v) is 6.79. The van der Waals surface area contributed by atoms with Gasteiger partial charge in [-0.2, -0.15) is 0 Å². The van der Waals surface area contributed by atoms with E-state index in [0.29, 0.717) is 5.69 Å². The summed E-state index contributed by atoms with van der Waals surface area (Å²) in [6.45, 7) is 1.99. The summed E-state index contributed by atoms with van der Waals surface area (Å²) < 4.78 is 1.61. The minimum atomic E-state index is -0.0400. The number of hydrogen-bond donors (Lipinski definition) is 1. The Labute approximate surface area is 65.5 Å². The molecule has 3 nitrogen and oxygen atoms in total. The predicted octanol–water partition coefficient (Wildman–Crippen LogP) is 0.530. The minimum absolute atomic E-state index is 0.0400. The quantitative estimate of drug-likeness (QED) is 0.638. The van der Waals surface area contributed by atoms with Crippen molar-refractivity contribution in [1.29, 1.82) is 0 Å². The van der Waals surface area contributed by atoms with Crippen molar-refractivity contribution < 1.29 is 0 Å². The fourth-order valence-corrected chi connectivity index (χ4v) is 1.05. The number of nitrogen functional groups attached to an aromatic ring is 1. The van der Waals surface area contributed by atoms with Crippen LogP contribution in [0.2, 0.25) is 0 Å². The van der Waals surface area contributed by atoms with E-state index < -0.39 is 0 Å². The van der Waals surface area contributed by atoms with Crippen molar-refractivity contribution >= 4 is 5.69 Å². The van der Waals surface area contributed by atoms with Crippen LogP contribution in [0.25, 0.3) is 0 Å². The maximum absolute atomic E-state index is 11.1. The molecule has 1 heterocycles. The number of nitrogens with two attached hydrogens (primary N) is 1. The number of aryl methyl sites for hydroxylation is 1. The van der Waals surface area contributed by atoms with Gasteiger partial charge in [-0.15, -0.1) is 0 Å². The highest BCUT2D eigenvalue weighted by molar-refractivity contribution is 5.37. The Morgan fingerprint density at radius 1 is 1.55 bits per heavy atom. The van der Waals surface area contributed by atoms with Gasteiger partial charge in [0.1, 0.15) is 0 Å². The molecule has 0 fully saturated rings. The van der Waals surface area contributed by atoms with Crippen LogP contribution in [0.15, 0.2) is 16.9 Å². The summed E-state index contributed by atoms with van der Waals surface area (Å²) in [6, 6.07) is 3.25. The molecule has 2 N–H and O–H groups in total. The smallest absolute Gasteiger partial charge is 0.252 e. The summed E-state index contributed by atoms with van der Waals surface area (Å²) in [5.41, 5.74) is 6.96. The molecule has 0 radical (unpaired) electrons. The van der Waals surface area contributed by atoms with E-state index in [-0.39, 0.29) is 5.56 Å². The number of hydrogen-bond acceptors (Lipinski definition) is 2. The van der Waals surface area contributed by atoms with Crippen molar-refractivity contribution in [3.8, 4) is 0 Å². The lowest BCUT2D eigenvalue weighted by Crippen LogP contribution is -2.19. The molecule has 0 aliphatic heterocycles. The summed E-state index contributed by atoms with van der Waals surface area (Å²) >= 11 is 0. The molecular weight excluding hydrogens is 140 g/mol. The number of nitrogens with zero attached hydrogens (tertiary/aromatic N) is 1. The second kappa shape index (κ2) is 2.78. The third kappa shape index (κ3) is 1.42. The Morgan fingerprint density at radius 2 is 2.18 bits per heavy atom. The molecule has 1 rings (SSSR count). The van der Waals surface area contributed by atoms with Crippen LogP contribution in [0, 0.1) is 0 Å². The van der Waals surface area contributed by atoms with Gasteiger partial charge in [0.15, 0.2) is 0 Å². The average Bonchev–Trinajstić information content (AvgIpc) is 1.96. The standard InChI is InChI=1S/C8H12N2O/c1-3-7-4-6(9)5-8(11)10(7)2/h4-5H,3,9H2,1-2H3. The molecule has 0 saturated carbocycles. The molecule has 0 aromatic carbocycles. The van der Waals surface area contributed by atoms with Gasteiger partial charge in [-0.05, 0) is 12.5 Å². The SMILES string of the molecule is CCc1cc(N)cc(=O)n1C. The molecular formula is C8H12N2O. The van der Waals surface area contributed by atoms with Crippen molar-refractivity contribution in [3.05, 3.63) is 28.2 Å². The molecule has 0 unspecified atom stereocenters. The summed E-state index contributed by atoms with van der Waals surface area (Å²) in [4.78, 5) is 11.1. The molecule has 0 spiro atoms. The Balaban J connectivity index is 3.36. The van der Waals surface area contributed by atoms with Gasteiger partial charge in [-0.25, -0.2) is 0 Å². The van der Waals surface area contributed by atoms with E-state index in [1.165, 1.54) is 6.07 Å². The van der Waals surface area contributed by atoms with E-state index in [9.17, 15) is 4.79 Å². The molecule has 11 heavy (non-hydrogen) atoms. The van der Waals surface area contributed by atoms with Crippen LogP contribution >= 0.6 is 0 Å². The van der Waals surface area contributed by atoms with Crippen LogP contribution in [-0.2, 0) is 13.5 Å². The molecule has 0 aliphatic rings. The van der Waals surface area contributed by atoms with Gasteiger partial charge in [0.05, 0.1) is 0 Å². The van der Waals surface area contributed by atoms with E-state index in [1.54, 1.807) is 11.6 Å². The van der Waals surface area contributed by atoms with Gasteiger partial charge in [-0.3, -0.25) is 4.79 Å². The predicted molar refractivity (Wildman–Crippen MR) is 45.5 cm³/mol. The Hall–Kier alpha value is -1.25. The van der Waals surface area contributed by atoms with Gasteiger partial charge in [0.25, 0.3) is 5.56 Å². The third-order valence-electron chi connectivity index (χ3n) is 1.75. The fraction of sp³-hybridized carbons (Fsp3) is 0.375. The molecule has 0 amide bonds. The summed E-state index contributed by atoms with van der Waals surface area (Å²) in [7, 11) is 1.75. The highest BCUT2D eigenvalue weighted by Crippen LogP contribution is 2.02. The van der Waals surface area contributed by atoms with Crippen molar-refractivity contribution in [2.75, 3.05) is 5.73 Å². The van der Waals surface area contributed by atoms with E-state index in [2.05, 4.69) is 0 Å². The van der Waals surface area contributed by atoms with Crippen molar-refractivity contribution in [2.45, 2.75) is 13.3 Å². The Bertz CT molecular complexity index is 314. The maximum atomic E-state index is 11.1. The topological polar surface area (TPSA) is 48.0 Å². The van der Waals surface area contributed by atoms with E-state index in [0.717, 1.165) is 12.1 Å². The molecule has 3 heteroatoms. The molecule has 1 aromatic rings. The minimum Gasteiger partial charge on any atom is -0.399 e. The van der Waals surface area contributed by atoms with E-state index in [1.807, 2.05) is 13.0 Å². The first-order valence-corrected chi connectivity index (χ1v) is 3.60. The van der Waals surface area contributed by atoms with Gasteiger partial charge in [0.2, 0.25) is 0 Å². The first-order valence-electron chi connectivity index (χ1n) is 3.60. The highest BCUT2D eigenvalue weighted by Gasteiger charge is 1.97. The first kappa shape index (κ1) is 7.85. The van der Waals surface area contributed by atoms with Crippen molar-refractivity contribution in [2.24, 2.45) is 7.05 Å². The lowest BCUT2D eigenvalue weighted by molar-refractivity contribution is 0.784. The lowest BCUT2D eigenvalue weighted by atomic mass is 10.2. The number of pyridine rings is 1.